The summed E-state index contributed by atoms with van der Waals surface area (Å²) in [6, 6.07) is 7.89. The zero-order valence-electron chi connectivity index (χ0n) is 11.0. The van der Waals surface area contributed by atoms with Gasteiger partial charge in [0.05, 0.1) is 6.42 Å². The van der Waals surface area contributed by atoms with Crippen molar-refractivity contribution in [3.05, 3.63) is 29.8 Å². The Hall–Kier alpha value is -1.55. The highest BCUT2D eigenvalue weighted by Gasteiger charge is 2.43. The fraction of sp³-hybridized carbons (Fsp3) is 0.533. The summed E-state index contributed by atoms with van der Waals surface area (Å²) in [4.78, 5) is 13.1. The van der Waals surface area contributed by atoms with Crippen molar-refractivity contribution in [3.63, 3.8) is 0 Å². The molecule has 2 heterocycles. The van der Waals surface area contributed by atoms with E-state index in [1.54, 1.807) is 0 Å². The van der Waals surface area contributed by atoms with Crippen molar-refractivity contribution >= 4 is 11.7 Å². The Labute approximate surface area is 113 Å². The van der Waals surface area contributed by atoms with Crippen molar-refractivity contribution in [2.24, 2.45) is 5.41 Å². The average Bonchev–Trinajstić information content (AvgIpc) is 2.36. The minimum atomic E-state index is -0.776. The van der Waals surface area contributed by atoms with Crippen LogP contribution in [-0.2, 0) is 16.0 Å². The lowest BCUT2D eigenvalue weighted by Gasteiger charge is -2.53. The lowest BCUT2D eigenvalue weighted by atomic mass is 9.73. The summed E-state index contributed by atoms with van der Waals surface area (Å²) in [6.07, 6.45) is 2.40. The van der Waals surface area contributed by atoms with Crippen LogP contribution in [0, 0.1) is 5.41 Å². The molecule has 19 heavy (non-hydrogen) atoms. The van der Waals surface area contributed by atoms with Gasteiger partial charge in [0.1, 0.15) is 0 Å². The fourth-order valence-corrected chi connectivity index (χ4v) is 3.10. The van der Waals surface area contributed by atoms with Crippen LogP contribution in [0.25, 0.3) is 0 Å². The molecule has 2 saturated heterocycles. The molecule has 4 nitrogen and oxygen atoms in total. The first-order valence-electron chi connectivity index (χ1n) is 6.80. The van der Waals surface area contributed by atoms with E-state index in [2.05, 4.69) is 11.0 Å². The van der Waals surface area contributed by atoms with Crippen molar-refractivity contribution < 1.29 is 14.6 Å². The number of nitrogens with zero attached hydrogens (tertiary/aromatic N) is 1. The lowest BCUT2D eigenvalue weighted by Crippen LogP contribution is -2.58. The van der Waals surface area contributed by atoms with Gasteiger partial charge in [-0.2, -0.15) is 0 Å². The molecular formula is C15H19NO3. The molecule has 0 unspecified atom stereocenters. The van der Waals surface area contributed by atoms with Crippen LogP contribution < -0.4 is 4.90 Å². The fourth-order valence-electron chi connectivity index (χ4n) is 3.10. The number of benzene rings is 1. The molecule has 0 atom stereocenters. The van der Waals surface area contributed by atoms with Gasteiger partial charge in [-0.05, 0) is 30.5 Å². The molecule has 2 aliphatic rings. The minimum absolute atomic E-state index is 0.0979. The predicted octanol–water partition coefficient (Wildman–Crippen LogP) is 1.93. The maximum absolute atomic E-state index is 10.7. The molecule has 4 heteroatoms. The summed E-state index contributed by atoms with van der Waals surface area (Å²) in [5.74, 6) is -0.776. The van der Waals surface area contributed by atoms with Gasteiger partial charge < -0.3 is 14.7 Å². The summed E-state index contributed by atoms with van der Waals surface area (Å²) >= 11 is 0. The first kappa shape index (κ1) is 12.5. The Kier molecular flexibility index (Phi) is 3.19. The van der Waals surface area contributed by atoms with Crippen LogP contribution in [0.2, 0.25) is 0 Å². The topological polar surface area (TPSA) is 49.8 Å². The summed E-state index contributed by atoms with van der Waals surface area (Å²) in [6.45, 7) is 3.92. The highest BCUT2D eigenvalue weighted by Crippen LogP contribution is 2.42. The Morgan fingerprint density at radius 3 is 2.74 bits per heavy atom. The molecule has 102 valence electrons. The Balaban J connectivity index is 1.66. The van der Waals surface area contributed by atoms with Crippen LogP contribution in [0.1, 0.15) is 18.4 Å². The number of hydrogen-bond acceptors (Lipinski definition) is 3. The lowest BCUT2D eigenvalue weighted by molar-refractivity contribution is -0.136. The van der Waals surface area contributed by atoms with Crippen LogP contribution in [0.4, 0.5) is 5.69 Å². The molecule has 0 aliphatic carbocycles. The van der Waals surface area contributed by atoms with Crippen LogP contribution in [0.3, 0.4) is 0 Å². The van der Waals surface area contributed by atoms with Crippen molar-refractivity contribution in [1.29, 1.82) is 0 Å². The number of aliphatic carboxylic acids is 1. The van der Waals surface area contributed by atoms with Gasteiger partial charge in [0, 0.05) is 37.4 Å². The summed E-state index contributed by atoms with van der Waals surface area (Å²) in [5, 5.41) is 8.84. The quantitative estimate of drug-likeness (QED) is 0.903. The molecular weight excluding hydrogens is 242 g/mol. The zero-order chi connectivity index (χ0) is 13.3. The number of carboxylic acids is 1. The number of carboxylic acid groups (broad SMARTS) is 1. The first-order chi connectivity index (χ1) is 9.17. The Bertz CT molecular complexity index is 472. The molecule has 0 radical (unpaired) electrons. The number of rotatable bonds is 3. The number of hydrogen-bond donors (Lipinski definition) is 1. The first-order valence-corrected chi connectivity index (χ1v) is 6.80. The third-order valence-electron chi connectivity index (χ3n) is 4.24. The van der Waals surface area contributed by atoms with E-state index < -0.39 is 5.97 Å². The maximum Gasteiger partial charge on any atom is 0.307 e. The van der Waals surface area contributed by atoms with Gasteiger partial charge in [0.25, 0.3) is 0 Å². The van der Waals surface area contributed by atoms with Crippen LogP contribution in [-0.4, -0.2) is 37.4 Å². The third kappa shape index (κ3) is 2.59. The van der Waals surface area contributed by atoms with E-state index in [0.29, 0.717) is 5.41 Å². The standard InChI is InChI=1S/C15H19NO3/c17-14(18)9-12-2-1-3-13(8-12)16-10-15(11-16)4-6-19-7-5-15/h1-3,8H,4-7,9-11H2,(H,17,18). The molecule has 1 aromatic carbocycles. The minimum Gasteiger partial charge on any atom is -0.481 e. The predicted molar refractivity (Wildman–Crippen MR) is 72.5 cm³/mol. The number of anilines is 1. The SMILES string of the molecule is O=C(O)Cc1cccc(N2CC3(CCOCC3)C2)c1. The van der Waals surface area contributed by atoms with Gasteiger partial charge in [-0.1, -0.05) is 12.1 Å². The molecule has 3 rings (SSSR count). The van der Waals surface area contributed by atoms with E-state index >= 15 is 0 Å². The van der Waals surface area contributed by atoms with E-state index in [-0.39, 0.29) is 6.42 Å². The molecule has 0 aromatic heterocycles. The van der Waals surface area contributed by atoms with Gasteiger partial charge >= 0.3 is 5.97 Å². The Morgan fingerprint density at radius 1 is 1.32 bits per heavy atom. The second kappa shape index (κ2) is 4.85. The molecule has 2 fully saturated rings. The zero-order valence-corrected chi connectivity index (χ0v) is 11.0. The molecule has 1 N–H and O–H groups in total. The van der Waals surface area contributed by atoms with Crippen molar-refractivity contribution in [3.8, 4) is 0 Å². The summed E-state index contributed by atoms with van der Waals surface area (Å²) in [5.41, 5.74) is 2.47. The van der Waals surface area contributed by atoms with E-state index in [1.807, 2.05) is 18.2 Å². The molecule has 2 aliphatic heterocycles. The van der Waals surface area contributed by atoms with Gasteiger partial charge in [-0.15, -0.1) is 0 Å². The average molecular weight is 261 g/mol. The van der Waals surface area contributed by atoms with Crippen LogP contribution in [0.5, 0.6) is 0 Å². The van der Waals surface area contributed by atoms with E-state index in [0.717, 1.165) is 50.4 Å². The van der Waals surface area contributed by atoms with Crippen molar-refractivity contribution in [2.75, 3.05) is 31.2 Å². The second-order valence-electron chi connectivity index (χ2n) is 5.71. The third-order valence-corrected chi connectivity index (χ3v) is 4.24. The van der Waals surface area contributed by atoms with Gasteiger partial charge in [0.2, 0.25) is 0 Å². The molecule has 0 bridgehead atoms. The van der Waals surface area contributed by atoms with E-state index in [9.17, 15) is 4.79 Å². The number of carbonyl (C=O) groups is 1. The number of ether oxygens (including phenoxy) is 1. The van der Waals surface area contributed by atoms with Gasteiger partial charge in [-0.25, -0.2) is 0 Å². The van der Waals surface area contributed by atoms with Crippen LogP contribution >= 0.6 is 0 Å². The second-order valence-corrected chi connectivity index (χ2v) is 5.71. The maximum atomic E-state index is 10.7. The van der Waals surface area contributed by atoms with Gasteiger partial charge in [0.15, 0.2) is 0 Å². The molecule has 0 amide bonds. The van der Waals surface area contributed by atoms with Crippen molar-refractivity contribution in [1.82, 2.24) is 0 Å². The van der Waals surface area contributed by atoms with Gasteiger partial charge in [-0.3, -0.25) is 4.79 Å². The monoisotopic (exact) mass is 261 g/mol. The Morgan fingerprint density at radius 2 is 2.05 bits per heavy atom. The normalized spacial score (nSPS) is 21.2. The van der Waals surface area contributed by atoms with E-state index in [4.69, 9.17) is 9.84 Å². The van der Waals surface area contributed by atoms with E-state index in [1.165, 1.54) is 0 Å². The highest BCUT2D eigenvalue weighted by molar-refractivity contribution is 5.71. The smallest absolute Gasteiger partial charge is 0.307 e. The van der Waals surface area contributed by atoms with Crippen molar-refractivity contribution in [2.45, 2.75) is 19.3 Å². The molecule has 1 aromatic rings. The largest absolute Gasteiger partial charge is 0.481 e. The molecule has 0 saturated carbocycles. The molecule has 1 spiro atoms. The summed E-state index contributed by atoms with van der Waals surface area (Å²) < 4.78 is 5.42. The highest BCUT2D eigenvalue weighted by atomic mass is 16.5. The summed E-state index contributed by atoms with van der Waals surface area (Å²) in [7, 11) is 0. The van der Waals surface area contributed by atoms with Crippen LogP contribution in [0.15, 0.2) is 24.3 Å².